The van der Waals surface area contributed by atoms with Crippen molar-refractivity contribution in [2.45, 2.75) is 24.8 Å². The second kappa shape index (κ2) is 8.88. The molecule has 1 aromatic carbocycles. The average molecular weight is 414 g/mol. The molecule has 0 saturated carbocycles. The standard InChI is InChI=1S/C15H18N4O6S2/c1-3-14-18-10(9-26-14)8-25-15(20)7-17-27(23,24)11-4-5-12(16-2)13(6-11)19(21)22/h4-6,9,16-17H,3,7-8H2,1-2H3. The number of sulfonamides is 1. The van der Waals surface area contributed by atoms with Crippen LogP contribution in [0.15, 0.2) is 28.5 Å². The predicted molar refractivity (Wildman–Crippen MR) is 99.1 cm³/mol. The topological polar surface area (TPSA) is 141 Å². The number of thiazole rings is 1. The number of benzene rings is 1. The van der Waals surface area contributed by atoms with Crippen molar-refractivity contribution in [3.63, 3.8) is 0 Å². The number of rotatable bonds is 9. The number of carbonyl (C=O) groups is 1. The van der Waals surface area contributed by atoms with E-state index in [0.29, 0.717) is 5.69 Å². The largest absolute Gasteiger partial charge is 0.458 e. The number of carbonyl (C=O) groups excluding carboxylic acids is 1. The number of hydrogen-bond acceptors (Lipinski definition) is 9. The van der Waals surface area contributed by atoms with Crippen LogP contribution in [-0.2, 0) is 32.6 Å². The Morgan fingerprint density at radius 3 is 2.74 bits per heavy atom. The number of anilines is 1. The van der Waals surface area contributed by atoms with Crippen LogP contribution < -0.4 is 10.0 Å². The van der Waals surface area contributed by atoms with E-state index in [4.69, 9.17) is 4.74 Å². The third-order valence-corrected chi connectivity index (χ3v) is 5.88. The summed E-state index contributed by atoms with van der Waals surface area (Å²) in [6, 6.07) is 3.40. The molecule has 2 aromatic rings. The zero-order valence-electron chi connectivity index (χ0n) is 14.6. The van der Waals surface area contributed by atoms with E-state index in [1.54, 1.807) is 5.38 Å². The van der Waals surface area contributed by atoms with Crippen LogP contribution in [0.5, 0.6) is 0 Å². The minimum atomic E-state index is -4.12. The van der Waals surface area contributed by atoms with E-state index in [1.807, 2.05) is 6.92 Å². The Bertz CT molecular complexity index is 942. The fraction of sp³-hybridized carbons (Fsp3) is 0.333. The van der Waals surface area contributed by atoms with Crippen molar-refractivity contribution >= 4 is 38.7 Å². The maximum absolute atomic E-state index is 12.3. The molecule has 0 amide bonds. The van der Waals surface area contributed by atoms with E-state index in [0.717, 1.165) is 17.5 Å². The van der Waals surface area contributed by atoms with Crippen molar-refractivity contribution in [3.05, 3.63) is 44.4 Å². The normalized spacial score (nSPS) is 11.2. The van der Waals surface area contributed by atoms with Crippen LogP contribution in [0.4, 0.5) is 11.4 Å². The van der Waals surface area contributed by atoms with Crippen molar-refractivity contribution in [1.29, 1.82) is 0 Å². The summed E-state index contributed by atoms with van der Waals surface area (Å²) in [5.74, 6) is -0.786. The van der Waals surface area contributed by atoms with Crippen molar-refractivity contribution in [2.75, 3.05) is 18.9 Å². The molecule has 0 spiro atoms. The molecule has 146 valence electrons. The summed E-state index contributed by atoms with van der Waals surface area (Å²) in [6.45, 7) is 1.30. The molecule has 2 rings (SSSR count). The Balaban J connectivity index is 1.98. The predicted octanol–water partition coefficient (Wildman–Crippen LogP) is 1.68. The number of aromatic nitrogens is 1. The Morgan fingerprint density at radius 1 is 1.41 bits per heavy atom. The number of esters is 1. The maximum Gasteiger partial charge on any atom is 0.321 e. The van der Waals surface area contributed by atoms with E-state index in [9.17, 15) is 23.3 Å². The number of nitro groups is 1. The van der Waals surface area contributed by atoms with Gasteiger partial charge in [0.2, 0.25) is 10.0 Å². The first-order valence-corrected chi connectivity index (χ1v) is 10.2. The highest BCUT2D eigenvalue weighted by atomic mass is 32.2. The first-order valence-electron chi connectivity index (χ1n) is 7.81. The number of aryl methyl sites for hydroxylation is 1. The van der Waals surface area contributed by atoms with E-state index < -0.39 is 33.1 Å². The molecule has 0 aliphatic heterocycles. The van der Waals surface area contributed by atoms with E-state index in [1.165, 1.54) is 30.5 Å². The average Bonchev–Trinajstić information content (AvgIpc) is 3.12. The van der Waals surface area contributed by atoms with Gasteiger partial charge in [0.25, 0.3) is 5.69 Å². The summed E-state index contributed by atoms with van der Waals surface area (Å²) in [5, 5.41) is 16.3. The molecule has 0 fully saturated rings. The number of hydrogen-bond donors (Lipinski definition) is 2. The first-order chi connectivity index (χ1) is 12.8. The van der Waals surface area contributed by atoms with Gasteiger partial charge in [-0.2, -0.15) is 4.72 Å². The van der Waals surface area contributed by atoms with Gasteiger partial charge in [-0.05, 0) is 18.6 Å². The van der Waals surface area contributed by atoms with Crippen molar-refractivity contribution in [3.8, 4) is 0 Å². The Hall–Kier alpha value is -2.57. The SMILES string of the molecule is CCc1nc(COC(=O)CNS(=O)(=O)c2ccc(NC)c([N+](=O)[O-])c2)cs1. The van der Waals surface area contributed by atoms with Crippen LogP contribution in [-0.4, -0.2) is 37.9 Å². The third-order valence-electron chi connectivity index (χ3n) is 3.43. The van der Waals surface area contributed by atoms with Crippen molar-refractivity contribution in [1.82, 2.24) is 9.71 Å². The summed E-state index contributed by atoms with van der Waals surface area (Å²) < 4.78 is 31.6. The number of nitrogens with zero attached hydrogens (tertiary/aromatic N) is 2. The van der Waals surface area contributed by atoms with Crippen molar-refractivity contribution < 1.29 is 22.9 Å². The van der Waals surface area contributed by atoms with Crippen LogP contribution in [0.1, 0.15) is 17.6 Å². The van der Waals surface area contributed by atoms with Gasteiger partial charge < -0.3 is 10.1 Å². The van der Waals surface area contributed by atoms with Crippen molar-refractivity contribution in [2.24, 2.45) is 0 Å². The quantitative estimate of drug-likeness (QED) is 0.359. The van der Waals surface area contributed by atoms with Crippen LogP contribution in [0.3, 0.4) is 0 Å². The highest BCUT2D eigenvalue weighted by Crippen LogP contribution is 2.26. The minimum absolute atomic E-state index is 0.0562. The first kappa shape index (κ1) is 20.7. The molecule has 0 radical (unpaired) electrons. The Kier molecular flexibility index (Phi) is 6.82. The molecular formula is C15H18N4O6S2. The third kappa shape index (κ3) is 5.45. The molecular weight excluding hydrogens is 396 g/mol. The van der Waals surface area contributed by atoms with Gasteiger partial charge in [-0.3, -0.25) is 14.9 Å². The Labute approximate surface area is 159 Å². The van der Waals surface area contributed by atoms with Gasteiger partial charge >= 0.3 is 5.97 Å². The number of nitrogens with one attached hydrogen (secondary N) is 2. The summed E-state index contributed by atoms with van der Waals surface area (Å²) >= 11 is 1.45. The molecule has 12 heteroatoms. The van der Waals surface area contributed by atoms with Gasteiger partial charge in [0.05, 0.1) is 20.5 Å². The molecule has 1 heterocycles. The molecule has 0 unspecified atom stereocenters. The second-order valence-corrected chi connectivity index (χ2v) is 7.97. The molecule has 0 saturated heterocycles. The molecule has 10 nitrogen and oxygen atoms in total. The summed E-state index contributed by atoms with van der Waals surface area (Å²) in [7, 11) is -2.63. The van der Waals surface area contributed by atoms with Crippen LogP contribution in [0, 0.1) is 10.1 Å². The fourth-order valence-electron chi connectivity index (χ4n) is 2.06. The molecule has 0 aliphatic rings. The maximum atomic E-state index is 12.3. The molecule has 0 bridgehead atoms. The smallest absolute Gasteiger partial charge is 0.321 e. The summed E-state index contributed by atoms with van der Waals surface area (Å²) in [4.78, 5) is 26.0. The second-order valence-electron chi connectivity index (χ2n) is 5.26. The zero-order chi connectivity index (χ0) is 20.0. The van der Waals surface area contributed by atoms with Gasteiger partial charge in [-0.15, -0.1) is 11.3 Å². The van der Waals surface area contributed by atoms with E-state index >= 15 is 0 Å². The summed E-state index contributed by atoms with van der Waals surface area (Å²) in [6.07, 6.45) is 0.775. The monoisotopic (exact) mass is 414 g/mol. The van der Waals surface area contributed by atoms with E-state index in [-0.39, 0.29) is 17.2 Å². The number of ether oxygens (including phenoxy) is 1. The van der Waals surface area contributed by atoms with E-state index in [2.05, 4.69) is 15.0 Å². The minimum Gasteiger partial charge on any atom is -0.458 e. The highest BCUT2D eigenvalue weighted by molar-refractivity contribution is 7.89. The van der Waals surface area contributed by atoms with Crippen LogP contribution >= 0.6 is 11.3 Å². The fourth-order valence-corrected chi connectivity index (χ4v) is 3.78. The molecule has 27 heavy (non-hydrogen) atoms. The molecule has 0 aliphatic carbocycles. The summed E-state index contributed by atoms with van der Waals surface area (Å²) in [5.41, 5.74) is 0.373. The lowest BCUT2D eigenvalue weighted by Gasteiger charge is -2.08. The van der Waals surface area contributed by atoms with Crippen LogP contribution in [0.2, 0.25) is 0 Å². The lowest BCUT2D eigenvalue weighted by Crippen LogP contribution is -2.30. The Morgan fingerprint density at radius 2 is 2.15 bits per heavy atom. The van der Waals surface area contributed by atoms with Gasteiger partial charge in [0.15, 0.2) is 0 Å². The highest BCUT2D eigenvalue weighted by Gasteiger charge is 2.22. The molecule has 1 aromatic heterocycles. The lowest BCUT2D eigenvalue weighted by atomic mass is 10.3. The molecule has 0 atom stereocenters. The molecule has 2 N–H and O–H groups in total. The van der Waals surface area contributed by atoms with Crippen LogP contribution in [0.25, 0.3) is 0 Å². The van der Waals surface area contributed by atoms with Gasteiger partial charge in [-0.25, -0.2) is 13.4 Å². The number of nitro benzene ring substituents is 1. The lowest BCUT2D eigenvalue weighted by molar-refractivity contribution is -0.384. The zero-order valence-corrected chi connectivity index (χ0v) is 16.2. The van der Waals surface area contributed by atoms with Gasteiger partial charge in [-0.1, -0.05) is 6.92 Å². The van der Waals surface area contributed by atoms with Gasteiger partial charge in [0, 0.05) is 18.5 Å². The van der Waals surface area contributed by atoms with Gasteiger partial charge in [0.1, 0.15) is 18.8 Å².